The first-order valence-electron chi connectivity index (χ1n) is 11.7. The summed E-state index contributed by atoms with van der Waals surface area (Å²) in [5, 5.41) is 0. The van der Waals surface area contributed by atoms with E-state index in [9.17, 15) is 18.8 Å². The molecule has 1 aromatic carbocycles. The number of nitrogens with zero attached hydrogens (tertiary/aromatic N) is 5. The molecule has 1 fully saturated rings. The predicted octanol–water partition coefficient (Wildman–Crippen LogP) is 2.12. The summed E-state index contributed by atoms with van der Waals surface area (Å²) in [4.78, 5) is 46.4. The molecular formula is C25H31FN6O3. The second-order valence-corrected chi connectivity index (χ2v) is 9.50. The molecule has 10 heteroatoms. The molecule has 1 atom stereocenters. The van der Waals surface area contributed by atoms with Crippen LogP contribution >= 0.6 is 0 Å². The van der Waals surface area contributed by atoms with E-state index in [1.54, 1.807) is 11.5 Å². The SMILES string of the molecule is CC(C)=CCn1c(N2CCCC(N)C2)nc2c1c(=O)n(CC(=O)c1cc(C)cc(F)c1)c(=O)n2C. The number of hydrogen-bond acceptors (Lipinski definition) is 6. The summed E-state index contributed by atoms with van der Waals surface area (Å²) in [7, 11) is 1.53. The molecule has 1 aliphatic rings. The van der Waals surface area contributed by atoms with E-state index in [1.807, 2.05) is 24.8 Å². The van der Waals surface area contributed by atoms with Crippen molar-refractivity contribution in [1.82, 2.24) is 18.7 Å². The number of piperidine rings is 1. The van der Waals surface area contributed by atoms with E-state index >= 15 is 0 Å². The zero-order chi connectivity index (χ0) is 25.4. The molecule has 0 saturated carbocycles. The van der Waals surface area contributed by atoms with Gasteiger partial charge in [0.25, 0.3) is 5.56 Å². The minimum atomic E-state index is -0.655. The van der Waals surface area contributed by atoms with E-state index in [1.165, 1.54) is 23.7 Å². The molecule has 0 aliphatic carbocycles. The number of Topliss-reactive ketones (excluding diaryl/α,β-unsaturated/α-hetero) is 1. The van der Waals surface area contributed by atoms with Gasteiger partial charge in [0.2, 0.25) is 5.95 Å². The van der Waals surface area contributed by atoms with Crippen LogP contribution in [0, 0.1) is 12.7 Å². The Hall–Kier alpha value is -3.53. The van der Waals surface area contributed by atoms with Crippen molar-refractivity contribution in [2.75, 3.05) is 18.0 Å². The number of imidazole rings is 1. The number of carbonyl (C=O) groups is 1. The lowest BCUT2D eigenvalue weighted by Gasteiger charge is -2.31. The van der Waals surface area contributed by atoms with Gasteiger partial charge in [-0.2, -0.15) is 4.98 Å². The molecule has 0 amide bonds. The molecule has 2 N–H and O–H groups in total. The molecule has 1 unspecified atom stereocenters. The van der Waals surface area contributed by atoms with Crippen LogP contribution in [0.5, 0.6) is 0 Å². The number of benzene rings is 1. The van der Waals surface area contributed by atoms with Crippen LogP contribution in [-0.4, -0.2) is 43.6 Å². The Balaban J connectivity index is 1.88. The molecule has 9 nitrogen and oxygen atoms in total. The summed E-state index contributed by atoms with van der Waals surface area (Å²) in [5.74, 6) is -0.499. The van der Waals surface area contributed by atoms with Crippen molar-refractivity contribution in [1.29, 1.82) is 0 Å². The Morgan fingerprint density at radius 2 is 1.97 bits per heavy atom. The lowest BCUT2D eigenvalue weighted by molar-refractivity contribution is 0.0968. The van der Waals surface area contributed by atoms with Gasteiger partial charge in [0.05, 0.1) is 6.54 Å². The molecule has 3 heterocycles. The maximum Gasteiger partial charge on any atom is 0.332 e. The second-order valence-electron chi connectivity index (χ2n) is 9.50. The molecule has 4 rings (SSSR count). The number of halogens is 1. The molecule has 1 saturated heterocycles. The maximum absolute atomic E-state index is 13.9. The average Bonchev–Trinajstić information content (AvgIpc) is 3.18. The van der Waals surface area contributed by atoms with Gasteiger partial charge in [-0.3, -0.25) is 18.7 Å². The molecule has 186 valence electrons. The summed E-state index contributed by atoms with van der Waals surface area (Å²) in [5.41, 5.74) is 7.17. The Bertz CT molecular complexity index is 1420. The van der Waals surface area contributed by atoms with Crippen molar-refractivity contribution in [3.05, 3.63) is 67.6 Å². The van der Waals surface area contributed by atoms with Gasteiger partial charge in [-0.25, -0.2) is 9.18 Å². The number of hydrogen-bond donors (Lipinski definition) is 1. The topological polar surface area (TPSA) is 108 Å². The first-order chi connectivity index (χ1) is 16.6. The lowest BCUT2D eigenvalue weighted by Crippen LogP contribution is -2.44. The van der Waals surface area contributed by atoms with Crippen LogP contribution in [-0.2, 0) is 20.1 Å². The van der Waals surface area contributed by atoms with Gasteiger partial charge in [-0.05, 0) is 57.4 Å². The minimum Gasteiger partial charge on any atom is -0.341 e. The third-order valence-corrected chi connectivity index (χ3v) is 6.30. The molecule has 1 aliphatic heterocycles. The van der Waals surface area contributed by atoms with Crippen LogP contribution in [0.3, 0.4) is 0 Å². The zero-order valence-electron chi connectivity index (χ0n) is 20.5. The highest BCUT2D eigenvalue weighted by atomic mass is 19.1. The van der Waals surface area contributed by atoms with Crippen molar-refractivity contribution in [3.63, 3.8) is 0 Å². The normalized spacial score (nSPS) is 16.1. The fourth-order valence-corrected chi connectivity index (χ4v) is 4.51. The Morgan fingerprint density at radius 1 is 1.23 bits per heavy atom. The van der Waals surface area contributed by atoms with E-state index in [0.717, 1.165) is 35.6 Å². The Kier molecular flexibility index (Phi) is 6.75. The van der Waals surface area contributed by atoms with Gasteiger partial charge >= 0.3 is 5.69 Å². The monoisotopic (exact) mass is 482 g/mol. The number of ketones is 1. The number of aryl methyl sites for hydroxylation is 2. The van der Waals surface area contributed by atoms with Crippen LogP contribution in [0.4, 0.5) is 10.3 Å². The van der Waals surface area contributed by atoms with Crippen LogP contribution in [0.15, 0.2) is 39.4 Å². The Labute approximate surface area is 202 Å². The highest BCUT2D eigenvalue weighted by Crippen LogP contribution is 2.23. The molecular weight excluding hydrogens is 451 g/mol. The van der Waals surface area contributed by atoms with E-state index in [2.05, 4.69) is 0 Å². The molecule has 35 heavy (non-hydrogen) atoms. The quantitative estimate of drug-likeness (QED) is 0.426. The van der Waals surface area contributed by atoms with Crippen LogP contribution < -0.4 is 21.9 Å². The van der Waals surface area contributed by atoms with Gasteiger partial charge in [-0.1, -0.05) is 11.6 Å². The number of rotatable bonds is 6. The molecule has 2 aromatic heterocycles. The number of anilines is 1. The standard InChI is InChI=1S/C25H31FN6O3/c1-15(2)7-9-31-21-22(28-24(31)30-8-5-6-19(27)13-30)29(4)25(35)32(23(21)34)14-20(33)17-10-16(3)11-18(26)12-17/h7,10-12,19H,5-6,8-9,13-14,27H2,1-4H3. The van der Waals surface area contributed by atoms with Crippen LogP contribution in [0.1, 0.15) is 42.6 Å². The molecule has 3 aromatic rings. The second kappa shape index (κ2) is 9.61. The summed E-state index contributed by atoms with van der Waals surface area (Å²) < 4.78 is 17.8. The number of carbonyl (C=O) groups excluding carboxylic acids is 1. The third-order valence-electron chi connectivity index (χ3n) is 6.30. The van der Waals surface area contributed by atoms with E-state index in [-0.39, 0.29) is 22.8 Å². The van der Waals surface area contributed by atoms with Gasteiger partial charge in [0.15, 0.2) is 16.9 Å². The summed E-state index contributed by atoms with van der Waals surface area (Å²) >= 11 is 0. The highest BCUT2D eigenvalue weighted by Gasteiger charge is 2.26. The zero-order valence-corrected chi connectivity index (χ0v) is 20.5. The number of allylic oxidation sites excluding steroid dienone is 2. The fraction of sp³-hybridized carbons (Fsp3) is 0.440. The van der Waals surface area contributed by atoms with Crippen molar-refractivity contribution in [3.8, 4) is 0 Å². The number of aromatic nitrogens is 4. The smallest absolute Gasteiger partial charge is 0.332 e. The van der Waals surface area contributed by atoms with Crippen molar-refractivity contribution >= 4 is 22.9 Å². The average molecular weight is 483 g/mol. The van der Waals surface area contributed by atoms with Gasteiger partial charge < -0.3 is 15.2 Å². The predicted molar refractivity (Wildman–Crippen MR) is 134 cm³/mol. The Morgan fingerprint density at radius 3 is 2.63 bits per heavy atom. The van der Waals surface area contributed by atoms with Crippen molar-refractivity contribution in [2.45, 2.75) is 52.7 Å². The third kappa shape index (κ3) is 4.84. The van der Waals surface area contributed by atoms with Gasteiger partial charge in [0.1, 0.15) is 5.82 Å². The first kappa shape index (κ1) is 24.6. The maximum atomic E-state index is 13.9. The van der Waals surface area contributed by atoms with E-state index in [4.69, 9.17) is 10.7 Å². The minimum absolute atomic E-state index is 0.00621. The number of nitrogens with two attached hydrogens (primary N) is 1. The van der Waals surface area contributed by atoms with Gasteiger partial charge in [0, 0.05) is 38.3 Å². The van der Waals surface area contributed by atoms with Crippen molar-refractivity contribution in [2.24, 2.45) is 12.8 Å². The van der Waals surface area contributed by atoms with E-state index in [0.29, 0.717) is 24.6 Å². The van der Waals surface area contributed by atoms with Gasteiger partial charge in [-0.15, -0.1) is 0 Å². The van der Waals surface area contributed by atoms with E-state index < -0.39 is 29.4 Å². The molecule has 0 spiro atoms. The molecule has 0 bridgehead atoms. The fourth-order valence-electron chi connectivity index (χ4n) is 4.51. The molecule has 0 radical (unpaired) electrons. The largest absolute Gasteiger partial charge is 0.341 e. The lowest BCUT2D eigenvalue weighted by atomic mass is 10.1. The van der Waals surface area contributed by atoms with Crippen molar-refractivity contribution < 1.29 is 9.18 Å². The van der Waals surface area contributed by atoms with Crippen LogP contribution in [0.2, 0.25) is 0 Å². The van der Waals surface area contributed by atoms with Crippen LogP contribution in [0.25, 0.3) is 11.2 Å². The summed E-state index contributed by atoms with van der Waals surface area (Å²) in [6.07, 6.45) is 3.79. The number of fused-ring (bicyclic) bond motifs is 1. The first-order valence-corrected chi connectivity index (χ1v) is 11.7. The highest BCUT2D eigenvalue weighted by molar-refractivity contribution is 5.96. The summed E-state index contributed by atoms with van der Waals surface area (Å²) in [6.45, 7) is 6.81. The summed E-state index contributed by atoms with van der Waals surface area (Å²) in [6, 6.07) is 3.95.